The zero-order valence-electron chi connectivity index (χ0n) is 16.6. The Kier molecular flexibility index (Phi) is 6.23. The van der Waals surface area contributed by atoms with Crippen molar-refractivity contribution < 1.29 is 19.0 Å². The standard InChI is InChI=1S/C24H20N2O5/c27-23(31-15-22-25-21-9-5-4-8-20(21)24(28)26-22)16-30-19-12-10-18(11-13-19)29-14-17-6-2-1-3-7-17/h1-13H,14-16H2,(H,25,26,28). The smallest absolute Gasteiger partial charge is 0.344 e. The number of carbonyl (C=O) groups excluding carboxylic acids is 1. The van der Waals surface area contributed by atoms with Crippen LogP contribution < -0.4 is 15.0 Å². The fourth-order valence-corrected chi connectivity index (χ4v) is 2.91. The van der Waals surface area contributed by atoms with E-state index in [0.717, 1.165) is 5.56 Å². The average molecular weight is 416 g/mol. The molecule has 0 aliphatic heterocycles. The molecule has 0 radical (unpaired) electrons. The molecular weight excluding hydrogens is 396 g/mol. The van der Waals surface area contributed by atoms with Crippen LogP contribution in [-0.4, -0.2) is 22.5 Å². The number of fused-ring (bicyclic) bond motifs is 1. The van der Waals surface area contributed by atoms with E-state index >= 15 is 0 Å². The normalized spacial score (nSPS) is 10.6. The summed E-state index contributed by atoms with van der Waals surface area (Å²) in [6.07, 6.45) is 0. The van der Waals surface area contributed by atoms with Crippen molar-refractivity contribution in [3.8, 4) is 11.5 Å². The maximum atomic E-state index is 12.0. The number of aromatic nitrogens is 2. The zero-order chi connectivity index (χ0) is 21.5. The summed E-state index contributed by atoms with van der Waals surface area (Å²) in [6.45, 7) is 0.0643. The van der Waals surface area contributed by atoms with Crippen molar-refractivity contribution >= 4 is 16.9 Å². The fourth-order valence-electron chi connectivity index (χ4n) is 2.91. The van der Waals surface area contributed by atoms with Crippen molar-refractivity contribution in [3.63, 3.8) is 0 Å². The number of ether oxygens (including phenoxy) is 3. The van der Waals surface area contributed by atoms with E-state index in [1.807, 2.05) is 30.3 Å². The summed E-state index contributed by atoms with van der Waals surface area (Å²) in [5.74, 6) is 0.920. The number of hydrogen-bond acceptors (Lipinski definition) is 6. The van der Waals surface area contributed by atoms with Crippen LogP contribution in [0.2, 0.25) is 0 Å². The Morgan fingerprint density at radius 2 is 1.48 bits per heavy atom. The number of para-hydroxylation sites is 1. The number of esters is 1. The van der Waals surface area contributed by atoms with Crippen molar-refractivity contribution in [1.82, 2.24) is 9.97 Å². The molecule has 0 amide bonds. The highest BCUT2D eigenvalue weighted by molar-refractivity contribution is 5.77. The second kappa shape index (κ2) is 9.58. The molecule has 0 fully saturated rings. The quantitative estimate of drug-likeness (QED) is 0.441. The molecule has 0 bridgehead atoms. The summed E-state index contributed by atoms with van der Waals surface area (Å²) >= 11 is 0. The van der Waals surface area contributed by atoms with Crippen LogP contribution in [0.25, 0.3) is 10.9 Å². The number of rotatable bonds is 8. The van der Waals surface area contributed by atoms with Crippen molar-refractivity contribution in [1.29, 1.82) is 0 Å². The van der Waals surface area contributed by atoms with E-state index in [2.05, 4.69) is 9.97 Å². The number of H-pyrrole nitrogens is 1. The Morgan fingerprint density at radius 3 is 2.26 bits per heavy atom. The first-order valence-electron chi connectivity index (χ1n) is 9.70. The van der Waals surface area contributed by atoms with Gasteiger partial charge in [0.25, 0.3) is 5.56 Å². The van der Waals surface area contributed by atoms with Crippen LogP contribution in [0.4, 0.5) is 0 Å². The lowest BCUT2D eigenvalue weighted by atomic mass is 10.2. The second-order valence-electron chi connectivity index (χ2n) is 6.72. The van der Waals surface area contributed by atoms with Gasteiger partial charge in [0.1, 0.15) is 30.5 Å². The summed E-state index contributed by atoms with van der Waals surface area (Å²) in [6, 6.07) is 23.8. The lowest BCUT2D eigenvalue weighted by Crippen LogP contribution is -2.18. The van der Waals surface area contributed by atoms with Crippen molar-refractivity contribution in [2.45, 2.75) is 13.2 Å². The Balaban J connectivity index is 1.24. The molecule has 0 aliphatic rings. The van der Waals surface area contributed by atoms with Crippen LogP contribution in [0.1, 0.15) is 11.4 Å². The topological polar surface area (TPSA) is 90.5 Å². The van der Waals surface area contributed by atoms with Crippen LogP contribution in [0.3, 0.4) is 0 Å². The van der Waals surface area contributed by atoms with E-state index < -0.39 is 5.97 Å². The van der Waals surface area contributed by atoms with Crippen LogP contribution in [0.5, 0.6) is 11.5 Å². The lowest BCUT2D eigenvalue weighted by Gasteiger charge is -2.09. The Bertz CT molecular complexity index is 1220. The molecule has 1 N–H and O–H groups in total. The first-order chi connectivity index (χ1) is 15.2. The van der Waals surface area contributed by atoms with Gasteiger partial charge in [-0.15, -0.1) is 0 Å². The largest absolute Gasteiger partial charge is 0.489 e. The molecule has 31 heavy (non-hydrogen) atoms. The molecule has 0 atom stereocenters. The third kappa shape index (κ3) is 5.48. The van der Waals surface area contributed by atoms with Gasteiger partial charge in [-0.3, -0.25) is 4.79 Å². The number of aromatic amines is 1. The minimum absolute atomic E-state index is 0.144. The van der Waals surface area contributed by atoms with Gasteiger partial charge >= 0.3 is 5.97 Å². The molecule has 156 valence electrons. The molecule has 0 aliphatic carbocycles. The van der Waals surface area contributed by atoms with Gasteiger partial charge in [-0.2, -0.15) is 0 Å². The molecule has 0 saturated carbocycles. The molecular formula is C24H20N2O5. The van der Waals surface area contributed by atoms with Gasteiger partial charge in [0.2, 0.25) is 0 Å². The van der Waals surface area contributed by atoms with Gasteiger partial charge in [0.05, 0.1) is 10.9 Å². The predicted molar refractivity (Wildman–Crippen MR) is 115 cm³/mol. The van der Waals surface area contributed by atoms with E-state index in [4.69, 9.17) is 14.2 Å². The van der Waals surface area contributed by atoms with Crippen molar-refractivity contribution in [2.75, 3.05) is 6.61 Å². The fraction of sp³-hybridized carbons (Fsp3) is 0.125. The summed E-state index contributed by atoms with van der Waals surface area (Å²) < 4.78 is 16.3. The third-order valence-electron chi connectivity index (χ3n) is 4.46. The Morgan fingerprint density at radius 1 is 0.806 bits per heavy atom. The van der Waals surface area contributed by atoms with Crippen LogP contribution in [0.15, 0.2) is 83.7 Å². The van der Waals surface area contributed by atoms with Gasteiger partial charge in [-0.1, -0.05) is 42.5 Å². The monoisotopic (exact) mass is 416 g/mol. The Labute approximate surface area is 178 Å². The van der Waals surface area contributed by atoms with E-state index in [9.17, 15) is 9.59 Å². The summed E-state index contributed by atoms with van der Waals surface area (Å²) in [7, 11) is 0. The molecule has 4 aromatic rings. The van der Waals surface area contributed by atoms with Gasteiger partial charge < -0.3 is 19.2 Å². The molecule has 0 unspecified atom stereocenters. The number of nitrogens with zero attached hydrogens (tertiary/aromatic N) is 1. The molecule has 1 aromatic heterocycles. The van der Waals surface area contributed by atoms with Crippen LogP contribution in [0, 0.1) is 0 Å². The third-order valence-corrected chi connectivity index (χ3v) is 4.46. The maximum absolute atomic E-state index is 12.0. The molecule has 0 saturated heterocycles. The van der Waals surface area contributed by atoms with E-state index in [0.29, 0.717) is 29.0 Å². The first kappa shape index (κ1) is 20.2. The summed E-state index contributed by atoms with van der Waals surface area (Å²) in [5, 5.41) is 0.483. The van der Waals surface area contributed by atoms with E-state index in [-0.39, 0.29) is 24.6 Å². The molecule has 7 nitrogen and oxygen atoms in total. The second-order valence-corrected chi connectivity index (χ2v) is 6.72. The van der Waals surface area contributed by atoms with Crippen molar-refractivity contribution in [2.24, 2.45) is 0 Å². The minimum Gasteiger partial charge on any atom is -0.489 e. The average Bonchev–Trinajstić information content (AvgIpc) is 2.81. The molecule has 1 heterocycles. The number of nitrogens with one attached hydrogen (secondary N) is 1. The zero-order valence-corrected chi connectivity index (χ0v) is 16.6. The molecule has 0 spiro atoms. The van der Waals surface area contributed by atoms with Gasteiger partial charge in [-0.05, 0) is 42.0 Å². The van der Waals surface area contributed by atoms with Gasteiger partial charge in [-0.25, -0.2) is 9.78 Å². The highest BCUT2D eigenvalue weighted by atomic mass is 16.6. The lowest BCUT2D eigenvalue weighted by molar-refractivity contribution is -0.147. The van der Waals surface area contributed by atoms with Crippen LogP contribution >= 0.6 is 0 Å². The highest BCUT2D eigenvalue weighted by Crippen LogP contribution is 2.18. The van der Waals surface area contributed by atoms with E-state index in [1.54, 1.807) is 48.5 Å². The van der Waals surface area contributed by atoms with Gasteiger partial charge in [0, 0.05) is 0 Å². The van der Waals surface area contributed by atoms with Crippen molar-refractivity contribution in [3.05, 3.63) is 101 Å². The highest BCUT2D eigenvalue weighted by Gasteiger charge is 2.08. The summed E-state index contributed by atoms with van der Waals surface area (Å²) in [5.41, 5.74) is 1.35. The Hall–Kier alpha value is -4.13. The molecule has 4 rings (SSSR count). The number of benzene rings is 3. The van der Waals surface area contributed by atoms with Gasteiger partial charge in [0.15, 0.2) is 6.61 Å². The summed E-state index contributed by atoms with van der Waals surface area (Å²) in [4.78, 5) is 30.9. The van der Waals surface area contributed by atoms with E-state index in [1.165, 1.54) is 0 Å². The molecule has 3 aromatic carbocycles. The maximum Gasteiger partial charge on any atom is 0.344 e. The predicted octanol–water partition coefficient (Wildman–Crippen LogP) is 3.62. The first-order valence-corrected chi connectivity index (χ1v) is 9.70. The number of hydrogen-bond donors (Lipinski definition) is 1. The SMILES string of the molecule is O=C(COc1ccc(OCc2ccccc2)cc1)OCc1nc2ccccc2c(=O)[nH]1. The minimum atomic E-state index is -0.569. The molecule has 7 heteroatoms. The van der Waals surface area contributed by atoms with Crippen LogP contribution in [-0.2, 0) is 22.7 Å². The number of carbonyl (C=O) groups is 1.